The lowest BCUT2D eigenvalue weighted by Crippen LogP contribution is -2.44. The highest BCUT2D eigenvalue weighted by molar-refractivity contribution is 5.81. The van der Waals surface area contributed by atoms with Crippen LogP contribution < -0.4 is 11.1 Å². The summed E-state index contributed by atoms with van der Waals surface area (Å²) in [5, 5.41) is 11.0. The Labute approximate surface area is 78.4 Å². The van der Waals surface area contributed by atoms with E-state index in [4.69, 9.17) is 11.0 Å². The minimum absolute atomic E-state index is 0.145. The predicted molar refractivity (Wildman–Crippen MR) is 50.6 cm³/mol. The summed E-state index contributed by atoms with van der Waals surface area (Å²) in [6.07, 6.45) is 2.34. The predicted octanol–water partition coefficient (Wildman–Crippen LogP) is 0.308. The Morgan fingerprint density at radius 1 is 1.85 bits per heavy atom. The summed E-state index contributed by atoms with van der Waals surface area (Å²) in [4.78, 5) is 11.2. The molecule has 0 heterocycles. The van der Waals surface area contributed by atoms with Crippen molar-refractivity contribution in [3.8, 4) is 6.07 Å². The van der Waals surface area contributed by atoms with E-state index in [9.17, 15) is 4.79 Å². The standard InChI is InChI=1S/C9H15N3O/c1-3-4-8(11)9(13)12-7(2)5-6-10/h3,7-8H,1,4-5,11H2,2H3,(H,12,13). The maximum Gasteiger partial charge on any atom is 0.237 e. The van der Waals surface area contributed by atoms with Gasteiger partial charge in [-0.25, -0.2) is 0 Å². The third kappa shape index (κ3) is 4.99. The molecule has 0 aromatic carbocycles. The van der Waals surface area contributed by atoms with Crippen LogP contribution in [0.2, 0.25) is 0 Å². The molecule has 0 radical (unpaired) electrons. The van der Waals surface area contributed by atoms with Gasteiger partial charge in [0.15, 0.2) is 0 Å². The summed E-state index contributed by atoms with van der Waals surface area (Å²) < 4.78 is 0. The minimum atomic E-state index is -0.557. The van der Waals surface area contributed by atoms with E-state index in [1.54, 1.807) is 13.0 Å². The third-order valence-electron chi connectivity index (χ3n) is 1.54. The highest BCUT2D eigenvalue weighted by atomic mass is 16.2. The topological polar surface area (TPSA) is 78.9 Å². The molecule has 0 aromatic heterocycles. The molecule has 72 valence electrons. The van der Waals surface area contributed by atoms with Crippen molar-refractivity contribution < 1.29 is 4.79 Å². The van der Waals surface area contributed by atoms with E-state index in [0.717, 1.165) is 0 Å². The molecule has 4 heteroatoms. The van der Waals surface area contributed by atoms with Gasteiger partial charge in [0, 0.05) is 6.04 Å². The molecule has 2 atom stereocenters. The van der Waals surface area contributed by atoms with Gasteiger partial charge in [0.1, 0.15) is 0 Å². The van der Waals surface area contributed by atoms with Gasteiger partial charge in [-0.15, -0.1) is 6.58 Å². The van der Waals surface area contributed by atoms with Crippen molar-refractivity contribution in [3.05, 3.63) is 12.7 Å². The maximum absolute atomic E-state index is 11.2. The Hall–Kier alpha value is -1.34. The highest BCUT2D eigenvalue weighted by Gasteiger charge is 2.13. The number of hydrogen-bond acceptors (Lipinski definition) is 3. The van der Waals surface area contributed by atoms with Gasteiger partial charge in [-0.05, 0) is 13.3 Å². The largest absolute Gasteiger partial charge is 0.351 e. The van der Waals surface area contributed by atoms with Gasteiger partial charge in [0.25, 0.3) is 0 Å². The molecule has 0 rings (SSSR count). The average molecular weight is 181 g/mol. The number of carbonyl (C=O) groups excluding carboxylic acids is 1. The molecule has 0 fully saturated rings. The lowest BCUT2D eigenvalue weighted by atomic mass is 10.2. The van der Waals surface area contributed by atoms with Crippen LogP contribution in [0.15, 0.2) is 12.7 Å². The second kappa shape index (κ2) is 6.21. The molecule has 0 aromatic rings. The van der Waals surface area contributed by atoms with Crippen molar-refractivity contribution in [2.24, 2.45) is 5.73 Å². The summed E-state index contributed by atoms with van der Waals surface area (Å²) in [5.74, 6) is -0.234. The summed E-state index contributed by atoms with van der Waals surface area (Å²) in [6, 6.07) is 1.27. The van der Waals surface area contributed by atoms with Crippen molar-refractivity contribution in [2.45, 2.75) is 31.8 Å². The van der Waals surface area contributed by atoms with Gasteiger partial charge < -0.3 is 11.1 Å². The highest BCUT2D eigenvalue weighted by Crippen LogP contribution is 1.92. The Balaban J connectivity index is 3.86. The number of carbonyl (C=O) groups is 1. The Morgan fingerprint density at radius 3 is 2.92 bits per heavy atom. The van der Waals surface area contributed by atoms with E-state index in [1.807, 2.05) is 6.07 Å². The van der Waals surface area contributed by atoms with Gasteiger partial charge in [-0.3, -0.25) is 4.79 Å². The molecule has 0 aliphatic rings. The first kappa shape index (κ1) is 11.7. The molecule has 0 saturated carbocycles. The first-order valence-electron chi connectivity index (χ1n) is 4.15. The zero-order valence-corrected chi connectivity index (χ0v) is 7.79. The quantitative estimate of drug-likeness (QED) is 0.599. The first-order chi connectivity index (χ1) is 6.11. The Kier molecular flexibility index (Phi) is 5.57. The van der Waals surface area contributed by atoms with E-state index in [-0.39, 0.29) is 11.9 Å². The Bertz CT molecular complexity index is 219. The number of rotatable bonds is 5. The zero-order valence-electron chi connectivity index (χ0n) is 7.79. The molecule has 0 aliphatic carbocycles. The number of amides is 1. The molecule has 4 nitrogen and oxygen atoms in total. The molecule has 2 unspecified atom stereocenters. The molecule has 0 aliphatic heterocycles. The second-order valence-corrected chi connectivity index (χ2v) is 2.90. The number of hydrogen-bond donors (Lipinski definition) is 2. The van der Waals surface area contributed by atoms with Crippen LogP contribution in [0.4, 0.5) is 0 Å². The van der Waals surface area contributed by atoms with Crippen LogP contribution in [0.25, 0.3) is 0 Å². The van der Waals surface area contributed by atoms with Crippen molar-refractivity contribution in [1.82, 2.24) is 5.32 Å². The lowest BCUT2D eigenvalue weighted by Gasteiger charge is -2.13. The van der Waals surface area contributed by atoms with E-state index in [1.165, 1.54) is 0 Å². The number of nitriles is 1. The van der Waals surface area contributed by atoms with Crippen LogP contribution >= 0.6 is 0 Å². The van der Waals surface area contributed by atoms with Crippen LogP contribution in [0.3, 0.4) is 0 Å². The van der Waals surface area contributed by atoms with Crippen molar-refractivity contribution in [1.29, 1.82) is 5.26 Å². The van der Waals surface area contributed by atoms with Crippen molar-refractivity contribution in [2.75, 3.05) is 0 Å². The van der Waals surface area contributed by atoms with Gasteiger partial charge in [-0.2, -0.15) is 5.26 Å². The van der Waals surface area contributed by atoms with Crippen LogP contribution in [-0.4, -0.2) is 18.0 Å². The van der Waals surface area contributed by atoms with E-state index >= 15 is 0 Å². The number of nitrogens with one attached hydrogen (secondary N) is 1. The first-order valence-corrected chi connectivity index (χ1v) is 4.15. The fourth-order valence-electron chi connectivity index (χ4n) is 0.824. The summed E-state index contributed by atoms with van der Waals surface area (Å²) in [6.45, 7) is 5.25. The molecule has 0 spiro atoms. The molecule has 13 heavy (non-hydrogen) atoms. The smallest absolute Gasteiger partial charge is 0.237 e. The molecule has 0 saturated heterocycles. The lowest BCUT2D eigenvalue weighted by molar-refractivity contribution is -0.122. The van der Waals surface area contributed by atoms with E-state index in [0.29, 0.717) is 12.8 Å². The van der Waals surface area contributed by atoms with Crippen molar-refractivity contribution in [3.63, 3.8) is 0 Å². The van der Waals surface area contributed by atoms with E-state index < -0.39 is 6.04 Å². The van der Waals surface area contributed by atoms with Crippen LogP contribution in [0.5, 0.6) is 0 Å². The second-order valence-electron chi connectivity index (χ2n) is 2.90. The maximum atomic E-state index is 11.2. The Morgan fingerprint density at radius 2 is 2.46 bits per heavy atom. The summed E-state index contributed by atoms with van der Waals surface area (Å²) >= 11 is 0. The number of nitrogens with zero attached hydrogens (tertiary/aromatic N) is 1. The van der Waals surface area contributed by atoms with Crippen LogP contribution in [0, 0.1) is 11.3 Å². The van der Waals surface area contributed by atoms with Crippen molar-refractivity contribution >= 4 is 5.91 Å². The fraction of sp³-hybridized carbons (Fsp3) is 0.556. The van der Waals surface area contributed by atoms with Crippen LogP contribution in [0.1, 0.15) is 19.8 Å². The van der Waals surface area contributed by atoms with Gasteiger partial charge in [0.05, 0.1) is 18.5 Å². The summed E-state index contributed by atoms with van der Waals surface area (Å²) in [5.41, 5.74) is 5.51. The van der Waals surface area contributed by atoms with E-state index in [2.05, 4.69) is 11.9 Å². The molecular weight excluding hydrogens is 166 g/mol. The minimum Gasteiger partial charge on any atom is -0.351 e. The van der Waals surface area contributed by atoms with Gasteiger partial charge in [-0.1, -0.05) is 6.08 Å². The SMILES string of the molecule is C=CCC(N)C(=O)NC(C)CC#N. The molecule has 0 bridgehead atoms. The summed E-state index contributed by atoms with van der Waals surface area (Å²) in [7, 11) is 0. The monoisotopic (exact) mass is 181 g/mol. The normalized spacial score (nSPS) is 13.9. The fourth-order valence-corrected chi connectivity index (χ4v) is 0.824. The average Bonchev–Trinajstić information content (AvgIpc) is 2.05. The zero-order chi connectivity index (χ0) is 10.3. The van der Waals surface area contributed by atoms with Gasteiger partial charge >= 0.3 is 0 Å². The third-order valence-corrected chi connectivity index (χ3v) is 1.54. The van der Waals surface area contributed by atoms with Crippen LogP contribution in [-0.2, 0) is 4.79 Å². The molecule has 3 N–H and O–H groups in total. The number of nitrogens with two attached hydrogens (primary N) is 1. The van der Waals surface area contributed by atoms with Gasteiger partial charge in [0.2, 0.25) is 5.91 Å². The molecule has 1 amide bonds. The molecular formula is C9H15N3O.